The number of H-pyrrole nitrogens is 1. The molecular formula is C8H3Cl2F3N2. The summed E-state index contributed by atoms with van der Waals surface area (Å²) < 4.78 is 37.3. The summed E-state index contributed by atoms with van der Waals surface area (Å²) in [5.41, 5.74) is -0.397. The van der Waals surface area contributed by atoms with Crippen LogP contribution in [-0.4, -0.2) is 9.97 Å². The van der Waals surface area contributed by atoms with Crippen molar-refractivity contribution in [3.8, 4) is 0 Å². The van der Waals surface area contributed by atoms with Crippen LogP contribution in [0.5, 0.6) is 0 Å². The summed E-state index contributed by atoms with van der Waals surface area (Å²) in [6, 6.07) is 2.01. The molecule has 1 aromatic carbocycles. The summed E-state index contributed by atoms with van der Waals surface area (Å²) in [6.07, 6.45) is -4.48. The molecule has 1 N–H and O–H groups in total. The monoisotopic (exact) mass is 254 g/mol. The van der Waals surface area contributed by atoms with Crippen LogP contribution in [0.2, 0.25) is 10.3 Å². The molecule has 0 aliphatic heterocycles. The minimum atomic E-state index is -4.48. The van der Waals surface area contributed by atoms with Crippen LogP contribution in [0, 0.1) is 0 Å². The Morgan fingerprint density at radius 2 is 1.87 bits per heavy atom. The lowest BCUT2D eigenvalue weighted by molar-refractivity contribution is -0.137. The first-order valence-electron chi connectivity index (χ1n) is 3.80. The van der Waals surface area contributed by atoms with E-state index in [1.54, 1.807) is 0 Å². The first-order chi connectivity index (χ1) is 6.88. The summed E-state index contributed by atoms with van der Waals surface area (Å²) in [4.78, 5) is 6.25. The van der Waals surface area contributed by atoms with Crippen LogP contribution >= 0.6 is 23.2 Å². The Bertz CT molecular complexity index is 518. The van der Waals surface area contributed by atoms with Crippen molar-refractivity contribution < 1.29 is 13.2 Å². The van der Waals surface area contributed by atoms with Gasteiger partial charge in [-0.15, -0.1) is 0 Å². The number of fused-ring (bicyclic) bond motifs is 1. The predicted octanol–water partition coefficient (Wildman–Crippen LogP) is 3.89. The first-order valence-corrected chi connectivity index (χ1v) is 4.55. The average Bonchev–Trinajstić information content (AvgIpc) is 2.40. The van der Waals surface area contributed by atoms with Gasteiger partial charge in [-0.2, -0.15) is 13.2 Å². The molecule has 2 aromatic rings. The molecule has 15 heavy (non-hydrogen) atoms. The molecule has 0 spiro atoms. The number of hydrogen-bond donors (Lipinski definition) is 1. The highest BCUT2D eigenvalue weighted by atomic mass is 35.5. The minimum Gasteiger partial charge on any atom is -0.329 e. The van der Waals surface area contributed by atoms with E-state index < -0.39 is 16.8 Å². The van der Waals surface area contributed by atoms with Gasteiger partial charge < -0.3 is 4.98 Å². The lowest BCUT2D eigenvalue weighted by Crippen LogP contribution is -2.05. The minimum absolute atomic E-state index is 0.0281. The number of hydrogen-bond acceptors (Lipinski definition) is 1. The fraction of sp³-hybridized carbons (Fsp3) is 0.125. The Hall–Kier alpha value is -0.940. The highest BCUT2D eigenvalue weighted by molar-refractivity contribution is 6.32. The number of halogens is 5. The van der Waals surface area contributed by atoms with Gasteiger partial charge >= 0.3 is 6.18 Å². The van der Waals surface area contributed by atoms with Crippen molar-refractivity contribution in [2.45, 2.75) is 6.18 Å². The third kappa shape index (κ3) is 1.89. The summed E-state index contributed by atoms with van der Waals surface area (Å²) in [5, 5.41) is -0.362. The smallest absolute Gasteiger partial charge is 0.329 e. The number of nitrogens with one attached hydrogen (secondary N) is 1. The number of aromatic nitrogens is 2. The number of alkyl halides is 3. The van der Waals surface area contributed by atoms with Crippen LogP contribution in [0.1, 0.15) is 5.56 Å². The molecule has 2 nitrogen and oxygen atoms in total. The highest BCUT2D eigenvalue weighted by Gasteiger charge is 2.33. The maximum atomic E-state index is 12.4. The zero-order valence-electron chi connectivity index (χ0n) is 6.99. The van der Waals surface area contributed by atoms with Crippen molar-refractivity contribution in [3.63, 3.8) is 0 Å². The number of aromatic amines is 1. The van der Waals surface area contributed by atoms with E-state index in [1.165, 1.54) is 0 Å². The van der Waals surface area contributed by atoms with Crippen molar-refractivity contribution in [1.29, 1.82) is 0 Å². The van der Waals surface area contributed by atoms with E-state index in [1.807, 2.05) is 0 Å². The zero-order valence-corrected chi connectivity index (χ0v) is 8.50. The van der Waals surface area contributed by atoms with E-state index in [9.17, 15) is 13.2 Å². The topological polar surface area (TPSA) is 28.7 Å². The number of rotatable bonds is 0. The van der Waals surface area contributed by atoms with E-state index in [2.05, 4.69) is 9.97 Å². The van der Waals surface area contributed by atoms with Crippen LogP contribution in [-0.2, 0) is 6.18 Å². The molecule has 0 aliphatic carbocycles. The van der Waals surface area contributed by atoms with Gasteiger partial charge in [-0.25, -0.2) is 4.98 Å². The average molecular weight is 255 g/mol. The third-order valence-electron chi connectivity index (χ3n) is 1.85. The third-order valence-corrected chi connectivity index (χ3v) is 2.34. The molecule has 2 rings (SSSR count). The zero-order chi connectivity index (χ0) is 11.2. The maximum Gasteiger partial charge on any atom is 0.417 e. The Morgan fingerprint density at radius 3 is 2.47 bits per heavy atom. The molecule has 0 fully saturated rings. The number of nitrogens with zero attached hydrogens (tertiary/aromatic N) is 1. The second-order valence-corrected chi connectivity index (χ2v) is 3.64. The second-order valence-electron chi connectivity index (χ2n) is 2.87. The Balaban J connectivity index is 2.72. The molecule has 0 bridgehead atoms. The largest absolute Gasteiger partial charge is 0.417 e. The Morgan fingerprint density at radius 1 is 1.20 bits per heavy atom. The maximum absolute atomic E-state index is 12.4. The summed E-state index contributed by atoms with van der Waals surface area (Å²) in [7, 11) is 0. The van der Waals surface area contributed by atoms with Crippen molar-refractivity contribution >= 4 is 34.2 Å². The molecule has 0 radical (unpaired) electrons. The van der Waals surface area contributed by atoms with E-state index in [0.717, 1.165) is 12.1 Å². The fourth-order valence-electron chi connectivity index (χ4n) is 1.22. The summed E-state index contributed by atoms with van der Waals surface area (Å²) in [6.45, 7) is 0. The van der Waals surface area contributed by atoms with Gasteiger partial charge in [0.25, 0.3) is 0 Å². The summed E-state index contributed by atoms with van der Waals surface area (Å²) in [5.74, 6) is 0. The van der Waals surface area contributed by atoms with Crippen LogP contribution in [0.25, 0.3) is 11.0 Å². The Kier molecular flexibility index (Phi) is 2.31. The van der Waals surface area contributed by atoms with Gasteiger partial charge in [-0.3, -0.25) is 0 Å². The van der Waals surface area contributed by atoms with E-state index in [4.69, 9.17) is 23.2 Å². The predicted molar refractivity (Wildman–Crippen MR) is 51.1 cm³/mol. The van der Waals surface area contributed by atoms with E-state index in [-0.39, 0.29) is 10.8 Å². The lowest BCUT2D eigenvalue weighted by Gasteiger charge is -2.07. The van der Waals surface area contributed by atoms with Crippen molar-refractivity contribution in [3.05, 3.63) is 28.0 Å². The quantitative estimate of drug-likeness (QED) is 0.760. The van der Waals surface area contributed by atoms with E-state index >= 15 is 0 Å². The lowest BCUT2D eigenvalue weighted by atomic mass is 10.2. The number of benzene rings is 1. The molecule has 0 amide bonds. The van der Waals surface area contributed by atoms with Crippen molar-refractivity contribution in [1.82, 2.24) is 9.97 Å². The fourth-order valence-corrected chi connectivity index (χ4v) is 1.68. The van der Waals surface area contributed by atoms with Gasteiger partial charge in [0.05, 0.1) is 21.6 Å². The SMILES string of the molecule is FC(F)(F)c1cc2[nH]c(Cl)nc2cc1Cl. The van der Waals surface area contributed by atoms with Gasteiger partial charge in [-0.1, -0.05) is 11.6 Å². The molecule has 0 unspecified atom stereocenters. The van der Waals surface area contributed by atoms with Gasteiger partial charge in [0.1, 0.15) is 0 Å². The van der Waals surface area contributed by atoms with Gasteiger partial charge in [-0.05, 0) is 23.7 Å². The summed E-state index contributed by atoms with van der Waals surface area (Å²) >= 11 is 11.0. The first kappa shape index (κ1) is 10.6. The normalized spacial score (nSPS) is 12.3. The molecular weight excluding hydrogens is 252 g/mol. The molecule has 1 heterocycles. The Labute approximate surface area is 92.0 Å². The van der Waals surface area contributed by atoms with Gasteiger partial charge in [0.2, 0.25) is 5.28 Å². The molecule has 80 valence electrons. The second kappa shape index (κ2) is 3.28. The van der Waals surface area contributed by atoms with Crippen LogP contribution in [0.15, 0.2) is 12.1 Å². The molecule has 0 atom stereocenters. The number of imidazole rings is 1. The molecule has 0 aliphatic rings. The molecule has 7 heteroatoms. The van der Waals surface area contributed by atoms with Crippen molar-refractivity contribution in [2.24, 2.45) is 0 Å². The molecule has 1 aromatic heterocycles. The standard InChI is InChI=1S/C8H3Cl2F3N2/c9-4-2-6-5(14-7(10)15-6)1-3(4)8(11,12)13/h1-2H,(H,14,15). The molecule has 0 saturated heterocycles. The highest BCUT2D eigenvalue weighted by Crippen LogP contribution is 2.36. The van der Waals surface area contributed by atoms with Crippen molar-refractivity contribution in [2.75, 3.05) is 0 Å². The van der Waals surface area contributed by atoms with Crippen LogP contribution < -0.4 is 0 Å². The van der Waals surface area contributed by atoms with Gasteiger partial charge in [0, 0.05) is 0 Å². The van der Waals surface area contributed by atoms with Crippen LogP contribution in [0.4, 0.5) is 13.2 Å². The van der Waals surface area contributed by atoms with Gasteiger partial charge in [0.15, 0.2) is 0 Å². The van der Waals surface area contributed by atoms with E-state index in [0.29, 0.717) is 5.52 Å². The van der Waals surface area contributed by atoms with Crippen LogP contribution in [0.3, 0.4) is 0 Å². The molecule has 0 saturated carbocycles.